The van der Waals surface area contributed by atoms with Crippen molar-refractivity contribution in [3.8, 4) is 0 Å². The van der Waals surface area contributed by atoms with Crippen LogP contribution in [0.5, 0.6) is 0 Å². The molecule has 2 aliphatic heterocycles. The first-order valence-electron chi connectivity index (χ1n) is 11.6. The Kier molecular flexibility index (Phi) is 6.95. The maximum atomic E-state index is 12.7. The number of esters is 1. The van der Waals surface area contributed by atoms with Gasteiger partial charge in [-0.3, -0.25) is 19.3 Å². The van der Waals surface area contributed by atoms with Crippen molar-refractivity contribution in [2.45, 2.75) is 20.3 Å². The Morgan fingerprint density at radius 1 is 0.912 bits per heavy atom. The lowest BCUT2D eigenvalue weighted by atomic mass is 10.1. The third-order valence-electron chi connectivity index (χ3n) is 6.22. The largest absolute Gasteiger partial charge is 0.452 e. The van der Waals surface area contributed by atoms with Gasteiger partial charge in [0.15, 0.2) is 6.61 Å². The van der Waals surface area contributed by atoms with Crippen molar-refractivity contribution in [3.63, 3.8) is 0 Å². The normalized spacial score (nSPS) is 15.7. The van der Waals surface area contributed by atoms with Crippen molar-refractivity contribution in [1.29, 1.82) is 0 Å². The molecular weight excluding hydrogens is 434 g/mol. The van der Waals surface area contributed by atoms with E-state index in [2.05, 4.69) is 4.90 Å². The number of amides is 3. The predicted octanol–water partition coefficient (Wildman–Crippen LogP) is 2.83. The number of rotatable bonds is 7. The summed E-state index contributed by atoms with van der Waals surface area (Å²) in [5.74, 6) is -1.34. The molecule has 1 saturated heterocycles. The number of hydrogen-bond acceptors (Lipinski definition) is 6. The highest BCUT2D eigenvalue weighted by Crippen LogP contribution is 2.25. The standard InChI is InChI=1S/C26H29N3O5/c1-18(2)10-11-29-24(31)21-9-8-19(16-22(21)25(29)32)26(33)34-17-23(30)28-14-12-27(13-15-28)20-6-4-3-5-7-20/h3-9,16,18H,10-15,17H2,1-2H3. The first-order valence-corrected chi connectivity index (χ1v) is 11.6. The molecule has 0 bridgehead atoms. The number of anilines is 1. The molecule has 0 spiro atoms. The number of ether oxygens (including phenoxy) is 1. The Bertz CT molecular complexity index is 1090. The minimum atomic E-state index is -0.694. The van der Waals surface area contributed by atoms with Crippen LogP contribution in [0.3, 0.4) is 0 Å². The van der Waals surface area contributed by atoms with E-state index in [1.54, 1.807) is 4.90 Å². The Hall–Kier alpha value is -3.68. The first-order chi connectivity index (χ1) is 16.3. The average Bonchev–Trinajstić information content (AvgIpc) is 3.10. The number of benzene rings is 2. The lowest BCUT2D eigenvalue weighted by molar-refractivity contribution is -0.134. The quantitative estimate of drug-likeness (QED) is 0.464. The fraction of sp³-hybridized carbons (Fsp3) is 0.385. The summed E-state index contributed by atoms with van der Waals surface area (Å²) in [4.78, 5) is 55.4. The van der Waals surface area contributed by atoms with Crippen LogP contribution in [-0.4, -0.2) is 72.8 Å². The lowest BCUT2D eigenvalue weighted by Crippen LogP contribution is -2.49. The Balaban J connectivity index is 1.31. The molecule has 3 amide bonds. The maximum Gasteiger partial charge on any atom is 0.338 e. The van der Waals surface area contributed by atoms with Crippen molar-refractivity contribution in [2.24, 2.45) is 5.92 Å². The summed E-state index contributed by atoms with van der Waals surface area (Å²) < 4.78 is 5.23. The van der Waals surface area contributed by atoms with Gasteiger partial charge in [0.2, 0.25) is 0 Å². The van der Waals surface area contributed by atoms with Gasteiger partial charge in [-0.25, -0.2) is 4.79 Å². The van der Waals surface area contributed by atoms with Crippen LogP contribution in [0.1, 0.15) is 51.3 Å². The minimum absolute atomic E-state index is 0.146. The van der Waals surface area contributed by atoms with Crippen LogP contribution in [0, 0.1) is 5.92 Å². The summed E-state index contributed by atoms with van der Waals surface area (Å²) in [5, 5.41) is 0. The summed E-state index contributed by atoms with van der Waals surface area (Å²) in [6.07, 6.45) is 0.710. The van der Waals surface area contributed by atoms with Gasteiger partial charge >= 0.3 is 5.97 Å². The second kappa shape index (κ2) is 10.1. The number of carbonyl (C=O) groups excluding carboxylic acids is 4. The van der Waals surface area contributed by atoms with Gasteiger partial charge in [0.05, 0.1) is 16.7 Å². The van der Waals surface area contributed by atoms with E-state index >= 15 is 0 Å². The molecule has 2 aromatic carbocycles. The van der Waals surface area contributed by atoms with E-state index in [0.29, 0.717) is 45.1 Å². The monoisotopic (exact) mass is 463 g/mol. The zero-order chi connectivity index (χ0) is 24.2. The van der Waals surface area contributed by atoms with E-state index in [1.807, 2.05) is 44.2 Å². The molecule has 8 nitrogen and oxygen atoms in total. The number of carbonyl (C=O) groups is 4. The number of para-hydroxylation sites is 1. The SMILES string of the molecule is CC(C)CCN1C(=O)c2ccc(C(=O)OCC(=O)N3CCN(c4ccccc4)CC3)cc2C1=O. The Morgan fingerprint density at radius 3 is 2.26 bits per heavy atom. The van der Waals surface area contributed by atoms with Gasteiger partial charge in [-0.2, -0.15) is 0 Å². The molecule has 0 radical (unpaired) electrons. The highest BCUT2D eigenvalue weighted by atomic mass is 16.5. The third-order valence-corrected chi connectivity index (χ3v) is 6.22. The fourth-order valence-corrected chi connectivity index (χ4v) is 4.16. The predicted molar refractivity (Wildman–Crippen MR) is 127 cm³/mol. The van der Waals surface area contributed by atoms with E-state index in [1.165, 1.54) is 23.1 Å². The molecule has 2 heterocycles. The number of imide groups is 1. The molecule has 2 aromatic rings. The fourth-order valence-electron chi connectivity index (χ4n) is 4.16. The summed E-state index contributed by atoms with van der Waals surface area (Å²) in [6.45, 7) is 6.54. The molecule has 8 heteroatoms. The molecule has 0 aromatic heterocycles. The number of fused-ring (bicyclic) bond motifs is 1. The average molecular weight is 464 g/mol. The molecule has 2 aliphatic rings. The van der Waals surface area contributed by atoms with E-state index in [9.17, 15) is 19.2 Å². The first kappa shape index (κ1) is 23.5. The topological polar surface area (TPSA) is 87.2 Å². The van der Waals surface area contributed by atoms with Crippen LogP contribution in [-0.2, 0) is 9.53 Å². The van der Waals surface area contributed by atoms with Gasteiger partial charge in [-0.05, 0) is 42.7 Å². The second-order valence-electron chi connectivity index (χ2n) is 8.98. The number of hydrogen-bond donors (Lipinski definition) is 0. The van der Waals surface area contributed by atoms with Gasteiger partial charge in [0, 0.05) is 38.4 Å². The molecule has 0 atom stereocenters. The summed E-state index contributed by atoms with van der Waals surface area (Å²) in [6, 6.07) is 14.3. The van der Waals surface area contributed by atoms with Crippen LogP contribution >= 0.6 is 0 Å². The van der Waals surface area contributed by atoms with Gasteiger partial charge in [-0.1, -0.05) is 32.0 Å². The highest BCUT2D eigenvalue weighted by molar-refractivity contribution is 6.22. The van der Waals surface area contributed by atoms with Gasteiger partial charge in [0.1, 0.15) is 0 Å². The second-order valence-corrected chi connectivity index (χ2v) is 8.98. The summed E-state index contributed by atoms with van der Waals surface area (Å²) in [5.41, 5.74) is 1.75. The van der Waals surface area contributed by atoms with Crippen LogP contribution in [0.15, 0.2) is 48.5 Å². The van der Waals surface area contributed by atoms with Crippen molar-refractivity contribution >= 4 is 29.4 Å². The lowest BCUT2D eigenvalue weighted by Gasteiger charge is -2.36. The van der Waals surface area contributed by atoms with E-state index in [0.717, 1.165) is 5.69 Å². The molecule has 178 valence electrons. The molecule has 0 N–H and O–H groups in total. The van der Waals surface area contributed by atoms with Crippen LogP contribution in [0.25, 0.3) is 0 Å². The zero-order valence-corrected chi connectivity index (χ0v) is 19.5. The Labute approximate surface area is 199 Å². The molecule has 0 aliphatic carbocycles. The number of nitrogens with zero attached hydrogens (tertiary/aromatic N) is 3. The van der Waals surface area contributed by atoms with E-state index in [-0.39, 0.29) is 35.1 Å². The van der Waals surface area contributed by atoms with E-state index < -0.39 is 11.9 Å². The molecule has 0 saturated carbocycles. The molecular formula is C26H29N3O5. The number of piperazine rings is 1. The minimum Gasteiger partial charge on any atom is -0.452 e. The molecule has 0 unspecified atom stereocenters. The van der Waals surface area contributed by atoms with Crippen molar-refractivity contribution < 1.29 is 23.9 Å². The van der Waals surface area contributed by atoms with Crippen LogP contribution in [0.2, 0.25) is 0 Å². The van der Waals surface area contributed by atoms with Crippen molar-refractivity contribution in [2.75, 3.05) is 44.2 Å². The highest BCUT2D eigenvalue weighted by Gasteiger charge is 2.36. The van der Waals surface area contributed by atoms with Gasteiger partial charge in [-0.15, -0.1) is 0 Å². The zero-order valence-electron chi connectivity index (χ0n) is 19.5. The molecule has 1 fully saturated rings. The maximum absolute atomic E-state index is 12.7. The molecule has 34 heavy (non-hydrogen) atoms. The van der Waals surface area contributed by atoms with Crippen LogP contribution in [0.4, 0.5) is 5.69 Å². The van der Waals surface area contributed by atoms with Crippen molar-refractivity contribution in [1.82, 2.24) is 9.80 Å². The van der Waals surface area contributed by atoms with Gasteiger partial charge < -0.3 is 14.5 Å². The van der Waals surface area contributed by atoms with E-state index in [4.69, 9.17) is 4.74 Å². The van der Waals surface area contributed by atoms with Crippen molar-refractivity contribution in [3.05, 3.63) is 65.2 Å². The summed E-state index contributed by atoms with van der Waals surface area (Å²) in [7, 11) is 0. The molecule has 4 rings (SSSR count). The third kappa shape index (κ3) is 4.95. The van der Waals surface area contributed by atoms with Crippen LogP contribution < -0.4 is 4.90 Å². The smallest absolute Gasteiger partial charge is 0.338 e. The van der Waals surface area contributed by atoms with Gasteiger partial charge in [0.25, 0.3) is 17.7 Å². The Morgan fingerprint density at radius 2 is 1.59 bits per heavy atom. The summed E-state index contributed by atoms with van der Waals surface area (Å²) >= 11 is 0.